The number of likely N-dealkylation sites (tertiary alicyclic amines) is 1. The van der Waals surface area contributed by atoms with Crippen LogP contribution in [0.25, 0.3) is 0 Å². The van der Waals surface area contributed by atoms with Gasteiger partial charge in [-0.05, 0) is 24.8 Å². The molecule has 6 nitrogen and oxygen atoms in total. The number of hydrogen-bond donors (Lipinski definition) is 1. The standard InChI is InChI=1S/C27H38N3O3/c1-30(18-8-13-24-21-28-16-17-29-24)19-14-25(15-20-30)33-26(31)27(32,22-9-4-2-5-10-22)23-11-6-3-7-12-23/h2,4-5,9-10,16-17,21,23,25,32H,3,6-8,11-15,18-20H2,1H3/q+1. The molecule has 2 fully saturated rings. The lowest BCUT2D eigenvalue weighted by Gasteiger charge is -2.42. The number of aryl methyl sites for hydroxylation is 1. The van der Waals surface area contributed by atoms with Gasteiger partial charge in [-0.3, -0.25) is 9.97 Å². The first-order chi connectivity index (χ1) is 16.0. The molecule has 2 heterocycles. The van der Waals surface area contributed by atoms with Crippen LogP contribution in [0.2, 0.25) is 0 Å². The summed E-state index contributed by atoms with van der Waals surface area (Å²) in [4.78, 5) is 21.9. The van der Waals surface area contributed by atoms with Gasteiger partial charge in [0.25, 0.3) is 0 Å². The molecule has 2 aromatic rings. The highest BCUT2D eigenvalue weighted by Crippen LogP contribution is 2.41. The molecule has 1 aliphatic heterocycles. The first kappa shape index (κ1) is 23.8. The summed E-state index contributed by atoms with van der Waals surface area (Å²) in [5.74, 6) is -0.531. The highest BCUT2D eigenvalue weighted by Gasteiger charge is 2.48. The molecule has 1 saturated heterocycles. The summed E-state index contributed by atoms with van der Waals surface area (Å²) in [5.41, 5.74) is 0.159. The maximum atomic E-state index is 13.4. The highest BCUT2D eigenvalue weighted by molar-refractivity contribution is 5.81. The van der Waals surface area contributed by atoms with Crippen molar-refractivity contribution in [3.63, 3.8) is 0 Å². The quantitative estimate of drug-likeness (QED) is 0.484. The number of hydrogen-bond acceptors (Lipinski definition) is 5. The summed E-state index contributed by atoms with van der Waals surface area (Å²) in [5, 5.41) is 11.7. The van der Waals surface area contributed by atoms with E-state index >= 15 is 0 Å². The van der Waals surface area contributed by atoms with Gasteiger partial charge in [0.05, 0.1) is 32.4 Å². The Balaban J connectivity index is 1.34. The number of carbonyl (C=O) groups excluding carboxylic acids is 1. The molecular weight excluding hydrogens is 414 g/mol. The normalized spacial score (nSPS) is 25.8. The zero-order chi connectivity index (χ0) is 23.2. The van der Waals surface area contributed by atoms with Crippen molar-refractivity contribution < 1.29 is 19.1 Å². The van der Waals surface area contributed by atoms with Crippen LogP contribution in [0.15, 0.2) is 48.9 Å². The van der Waals surface area contributed by atoms with Crippen LogP contribution in [-0.2, 0) is 21.6 Å². The van der Waals surface area contributed by atoms with Gasteiger partial charge in [-0.15, -0.1) is 0 Å². The van der Waals surface area contributed by atoms with E-state index in [-0.39, 0.29) is 12.0 Å². The van der Waals surface area contributed by atoms with Crippen LogP contribution in [0.3, 0.4) is 0 Å². The molecule has 1 aromatic heterocycles. The number of aliphatic hydroxyl groups is 1. The fourth-order valence-electron chi connectivity index (χ4n) is 5.58. The highest BCUT2D eigenvalue weighted by atomic mass is 16.6. The Morgan fingerprint density at radius 2 is 1.82 bits per heavy atom. The van der Waals surface area contributed by atoms with Crippen LogP contribution in [0, 0.1) is 5.92 Å². The molecular formula is C27H38N3O3+. The summed E-state index contributed by atoms with van der Waals surface area (Å²) in [6.45, 7) is 3.03. The number of carbonyl (C=O) groups is 1. The smallest absolute Gasteiger partial charge is 0.343 e. The van der Waals surface area contributed by atoms with E-state index in [0.29, 0.717) is 5.56 Å². The lowest BCUT2D eigenvalue weighted by atomic mass is 9.73. The largest absolute Gasteiger partial charge is 0.460 e. The van der Waals surface area contributed by atoms with Crippen LogP contribution < -0.4 is 0 Å². The fraction of sp³-hybridized carbons (Fsp3) is 0.593. The van der Waals surface area contributed by atoms with Crippen molar-refractivity contribution >= 4 is 5.97 Å². The molecule has 1 aromatic carbocycles. The Labute approximate surface area is 197 Å². The minimum atomic E-state index is -1.55. The number of ether oxygens (including phenoxy) is 1. The van der Waals surface area contributed by atoms with E-state index in [2.05, 4.69) is 17.0 Å². The van der Waals surface area contributed by atoms with Crippen molar-refractivity contribution in [3.8, 4) is 0 Å². The molecule has 1 N–H and O–H groups in total. The molecule has 0 amide bonds. The van der Waals surface area contributed by atoms with Crippen molar-refractivity contribution in [2.75, 3.05) is 26.7 Å². The third-order valence-corrected chi connectivity index (χ3v) is 7.72. The number of benzene rings is 1. The summed E-state index contributed by atoms with van der Waals surface area (Å²) in [6.07, 6.45) is 13.9. The van der Waals surface area contributed by atoms with Gasteiger partial charge < -0.3 is 14.3 Å². The fourth-order valence-corrected chi connectivity index (χ4v) is 5.58. The van der Waals surface area contributed by atoms with Gasteiger partial charge in [-0.1, -0.05) is 49.6 Å². The molecule has 6 heteroatoms. The van der Waals surface area contributed by atoms with Gasteiger partial charge in [0, 0.05) is 43.8 Å². The van der Waals surface area contributed by atoms with Gasteiger partial charge in [0.2, 0.25) is 0 Å². The molecule has 0 bridgehead atoms. The molecule has 1 unspecified atom stereocenters. The molecule has 1 saturated carbocycles. The average Bonchev–Trinajstić information content (AvgIpc) is 2.87. The third kappa shape index (κ3) is 5.79. The van der Waals surface area contributed by atoms with Crippen molar-refractivity contribution in [1.29, 1.82) is 0 Å². The lowest BCUT2D eigenvalue weighted by Crippen LogP contribution is -2.53. The van der Waals surface area contributed by atoms with E-state index in [9.17, 15) is 9.90 Å². The van der Waals surface area contributed by atoms with Gasteiger partial charge in [0.15, 0.2) is 5.60 Å². The summed E-state index contributed by atoms with van der Waals surface area (Å²) in [7, 11) is 2.29. The molecule has 2 aliphatic rings. The van der Waals surface area contributed by atoms with E-state index in [1.54, 1.807) is 12.4 Å². The van der Waals surface area contributed by atoms with E-state index in [1.807, 2.05) is 36.5 Å². The molecule has 33 heavy (non-hydrogen) atoms. The minimum Gasteiger partial charge on any atom is -0.460 e. The van der Waals surface area contributed by atoms with Crippen molar-refractivity contribution in [3.05, 3.63) is 60.2 Å². The molecule has 178 valence electrons. The Kier molecular flexibility index (Phi) is 7.76. The minimum absolute atomic E-state index is 0.0770. The van der Waals surface area contributed by atoms with Crippen LogP contribution >= 0.6 is 0 Å². The molecule has 0 radical (unpaired) electrons. The van der Waals surface area contributed by atoms with Gasteiger partial charge in [-0.25, -0.2) is 4.79 Å². The van der Waals surface area contributed by atoms with E-state index < -0.39 is 11.6 Å². The zero-order valence-corrected chi connectivity index (χ0v) is 19.9. The molecule has 0 spiro atoms. The SMILES string of the molecule is C[N+]1(CCCc2cnccn2)CCC(OC(=O)C(O)(c2ccccc2)C2CCCCC2)CC1. The Hall–Kier alpha value is -2.31. The number of quaternary nitrogens is 1. The number of esters is 1. The van der Waals surface area contributed by atoms with Gasteiger partial charge in [-0.2, -0.15) is 0 Å². The maximum Gasteiger partial charge on any atom is 0.343 e. The van der Waals surface area contributed by atoms with Crippen LogP contribution in [0.4, 0.5) is 0 Å². The summed E-state index contributed by atoms with van der Waals surface area (Å²) in [6, 6.07) is 9.42. The zero-order valence-electron chi connectivity index (χ0n) is 19.9. The third-order valence-electron chi connectivity index (χ3n) is 7.72. The Morgan fingerprint density at radius 3 is 2.48 bits per heavy atom. The Morgan fingerprint density at radius 1 is 1.09 bits per heavy atom. The Bertz CT molecular complexity index is 878. The lowest BCUT2D eigenvalue weighted by molar-refractivity contribution is -0.915. The van der Waals surface area contributed by atoms with Gasteiger partial charge in [0.1, 0.15) is 6.10 Å². The molecule has 4 rings (SSSR count). The predicted molar refractivity (Wildman–Crippen MR) is 127 cm³/mol. The van der Waals surface area contributed by atoms with Crippen molar-refractivity contribution in [2.24, 2.45) is 5.92 Å². The first-order valence-corrected chi connectivity index (χ1v) is 12.6. The first-order valence-electron chi connectivity index (χ1n) is 12.6. The van der Waals surface area contributed by atoms with E-state index in [4.69, 9.17) is 4.74 Å². The number of nitrogens with zero attached hydrogens (tertiary/aromatic N) is 3. The second kappa shape index (κ2) is 10.7. The summed E-state index contributed by atoms with van der Waals surface area (Å²) < 4.78 is 7.00. The van der Waals surface area contributed by atoms with Crippen molar-refractivity contribution in [1.82, 2.24) is 9.97 Å². The van der Waals surface area contributed by atoms with Gasteiger partial charge >= 0.3 is 5.97 Å². The predicted octanol–water partition coefficient (Wildman–Crippen LogP) is 4.03. The second-order valence-corrected chi connectivity index (χ2v) is 10.2. The van der Waals surface area contributed by atoms with E-state index in [1.165, 1.54) is 6.42 Å². The number of piperidine rings is 1. The van der Waals surface area contributed by atoms with Crippen LogP contribution in [0.1, 0.15) is 62.6 Å². The molecule has 1 atom stereocenters. The second-order valence-electron chi connectivity index (χ2n) is 10.2. The monoisotopic (exact) mass is 452 g/mol. The average molecular weight is 453 g/mol. The van der Waals surface area contributed by atoms with Crippen LogP contribution in [-0.4, -0.2) is 58.3 Å². The number of rotatable bonds is 8. The van der Waals surface area contributed by atoms with E-state index in [0.717, 1.165) is 81.2 Å². The van der Waals surface area contributed by atoms with Crippen molar-refractivity contribution in [2.45, 2.75) is 69.5 Å². The van der Waals surface area contributed by atoms with Crippen LogP contribution in [0.5, 0.6) is 0 Å². The maximum absolute atomic E-state index is 13.4. The molecule has 1 aliphatic carbocycles. The topological polar surface area (TPSA) is 72.3 Å². The number of aromatic nitrogens is 2. The summed E-state index contributed by atoms with van der Waals surface area (Å²) >= 11 is 0.